The van der Waals surface area contributed by atoms with Gasteiger partial charge < -0.3 is 9.67 Å². The van der Waals surface area contributed by atoms with Crippen LogP contribution >= 0.6 is 0 Å². The van der Waals surface area contributed by atoms with Gasteiger partial charge >= 0.3 is 0 Å². The SMILES string of the molecule is CCc1nc2c(C)cc(C#CC(C)O)nc2n1C1CCc2cc(-c3ccccc3-c3nnnn3C(c3ccccc3)(c3ccccc3)c3ccccc3)ccc21. The molecule has 0 amide bonds. The van der Waals surface area contributed by atoms with Crippen molar-refractivity contribution in [3.8, 4) is 34.4 Å². The second-order valence-corrected chi connectivity index (χ2v) is 14.4. The number of hydrogen-bond donors (Lipinski definition) is 1. The number of fused-ring (bicyclic) bond motifs is 2. The topological polar surface area (TPSA) is 94.5 Å². The molecule has 56 heavy (non-hydrogen) atoms. The molecule has 0 radical (unpaired) electrons. The Morgan fingerprint density at radius 3 is 2.04 bits per heavy atom. The lowest BCUT2D eigenvalue weighted by Gasteiger charge is -2.36. The quantitative estimate of drug-likeness (QED) is 0.124. The first-order valence-electron chi connectivity index (χ1n) is 19.2. The van der Waals surface area contributed by atoms with Crippen molar-refractivity contribution in [3.63, 3.8) is 0 Å². The largest absolute Gasteiger partial charge is 0.381 e. The van der Waals surface area contributed by atoms with E-state index in [1.807, 2.05) is 28.9 Å². The van der Waals surface area contributed by atoms with Crippen molar-refractivity contribution in [2.24, 2.45) is 0 Å². The maximum atomic E-state index is 9.81. The lowest BCUT2D eigenvalue weighted by Crippen LogP contribution is -2.39. The number of aliphatic hydroxyl groups is 1. The number of aryl methyl sites for hydroxylation is 3. The Morgan fingerprint density at radius 2 is 1.41 bits per heavy atom. The van der Waals surface area contributed by atoms with Crippen LogP contribution < -0.4 is 0 Å². The molecule has 8 nitrogen and oxygen atoms in total. The summed E-state index contributed by atoms with van der Waals surface area (Å²) < 4.78 is 4.32. The van der Waals surface area contributed by atoms with Gasteiger partial charge in [-0.15, -0.1) is 5.10 Å². The first-order valence-corrected chi connectivity index (χ1v) is 19.2. The molecule has 8 heteroatoms. The fourth-order valence-corrected chi connectivity index (χ4v) is 8.53. The Hall–Kier alpha value is -6.69. The average molecular weight is 732 g/mol. The van der Waals surface area contributed by atoms with Gasteiger partial charge in [-0.25, -0.2) is 14.6 Å². The second-order valence-electron chi connectivity index (χ2n) is 14.4. The molecule has 9 rings (SSSR count). The highest BCUT2D eigenvalue weighted by Crippen LogP contribution is 2.45. The van der Waals surface area contributed by atoms with Crippen molar-refractivity contribution in [2.45, 2.75) is 57.7 Å². The van der Waals surface area contributed by atoms with E-state index in [0.717, 1.165) is 75.2 Å². The summed E-state index contributed by atoms with van der Waals surface area (Å²) in [6.07, 6.45) is 1.93. The molecule has 0 spiro atoms. The molecule has 1 aliphatic rings. The average Bonchev–Trinajstić information content (AvgIpc) is 3.99. The monoisotopic (exact) mass is 731 g/mol. The number of tetrazole rings is 1. The zero-order valence-corrected chi connectivity index (χ0v) is 31.6. The number of nitrogens with zero attached hydrogens (tertiary/aromatic N) is 7. The summed E-state index contributed by atoms with van der Waals surface area (Å²) in [5.74, 6) is 7.59. The first kappa shape index (κ1) is 35.0. The fourth-order valence-electron chi connectivity index (χ4n) is 8.53. The maximum absolute atomic E-state index is 9.81. The number of benzene rings is 5. The first-order chi connectivity index (χ1) is 27.5. The smallest absolute Gasteiger partial charge is 0.184 e. The van der Waals surface area contributed by atoms with Gasteiger partial charge in [-0.1, -0.05) is 146 Å². The zero-order chi connectivity index (χ0) is 38.2. The molecule has 0 saturated carbocycles. The summed E-state index contributed by atoms with van der Waals surface area (Å²) in [5.41, 5.74) is 11.4. The van der Waals surface area contributed by atoms with Crippen LogP contribution in [0.4, 0.5) is 0 Å². The van der Waals surface area contributed by atoms with Crippen molar-refractivity contribution in [2.75, 3.05) is 0 Å². The van der Waals surface area contributed by atoms with E-state index >= 15 is 0 Å². The van der Waals surface area contributed by atoms with Crippen molar-refractivity contribution < 1.29 is 5.11 Å². The zero-order valence-electron chi connectivity index (χ0n) is 31.6. The molecule has 2 atom stereocenters. The summed E-state index contributed by atoms with van der Waals surface area (Å²) in [5, 5.41) is 23.8. The summed E-state index contributed by atoms with van der Waals surface area (Å²) in [7, 11) is 0. The minimum atomic E-state index is -0.861. The Labute approximate surface area is 326 Å². The molecule has 3 heterocycles. The Morgan fingerprint density at radius 1 is 0.786 bits per heavy atom. The van der Waals surface area contributed by atoms with Crippen LogP contribution in [0.2, 0.25) is 0 Å². The standard InChI is InChI=1S/C48H41N7O/c1-4-44-50-45-32(2)30-39(27-24-33(3)56)49-47(45)54(44)43-29-26-35-31-34(25-28-41(35)43)40-22-14-15-23-42(40)46-51-52-53-55(46)48(36-16-8-5-9-17-36,37-18-10-6-11-19-37)38-20-12-7-13-21-38/h5-23,25,28,30-31,33,43,56H,4,26,29H2,1-3H3. The molecule has 3 aromatic heterocycles. The van der Waals surface area contributed by atoms with Crippen molar-refractivity contribution >= 4 is 11.2 Å². The van der Waals surface area contributed by atoms with Gasteiger partial charge in [0.15, 0.2) is 11.5 Å². The molecular formula is C48H41N7O. The predicted molar refractivity (Wildman–Crippen MR) is 220 cm³/mol. The Balaban J connectivity index is 1.17. The van der Waals surface area contributed by atoms with Gasteiger partial charge in [0.1, 0.15) is 28.7 Å². The van der Waals surface area contributed by atoms with Gasteiger partial charge in [-0.05, 0) is 93.6 Å². The minimum Gasteiger partial charge on any atom is -0.381 e. The van der Waals surface area contributed by atoms with Crippen LogP contribution in [-0.4, -0.2) is 46.0 Å². The highest BCUT2D eigenvalue weighted by Gasteiger charge is 2.42. The molecular weight excluding hydrogens is 691 g/mol. The van der Waals surface area contributed by atoms with Crippen LogP contribution in [0.15, 0.2) is 140 Å². The van der Waals surface area contributed by atoms with E-state index in [-0.39, 0.29) is 6.04 Å². The molecule has 0 fully saturated rings. The minimum absolute atomic E-state index is 0.0941. The summed E-state index contributed by atoms with van der Waals surface area (Å²) in [6, 6.07) is 48.8. The molecule has 2 unspecified atom stereocenters. The number of imidazole rings is 1. The van der Waals surface area contributed by atoms with Crippen LogP contribution in [0.1, 0.15) is 71.2 Å². The Bertz CT molecular complexity index is 2650. The van der Waals surface area contributed by atoms with Crippen LogP contribution in [0.5, 0.6) is 0 Å². The molecule has 0 aliphatic heterocycles. The number of rotatable bonds is 8. The van der Waals surface area contributed by atoms with Gasteiger partial charge in [0.25, 0.3) is 0 Å². The molecule has 0 saturated heterocycles. The molecule has 0 bridgehead atoms. The third-order valence-electron chi connectivity index (χ3n) is 11.0. The lowest BCUT2D eigenvalue weighted by atomic mass is 9.77. The molecule has 1 aliphatic carbocycles. The summed E-state index contributed by atoms with van der Waals surface area (Å²) >= 11 is 0. The van der Waals surface area contributed by atoms with Gasteiger partial charge in [0, 0.05) is 12.0 Å². The van der Waals surface area contributed by atoms with Crippen molar-refractivity contribution in [1.82, 2.24) is 34.7 Å². The lowest BCUT2D eigenvalue weighted by molar-refractivity contribution is 0.253. The second kappa shape index (κ2) is 14.5. The van der Waals surface area contributed by atoms with E-state index in [1.165, 1.54) is 11.1 Å². The van der Waals surface area contributed by atoms with E-state index < -0.39 is 11.6 Å². The van der Waals surface area contributed by atoms with Gasteiger partial charge in [-0.3, -0.25) is 0 Å². The van der Waals surface area contributed by atoms with Crippen LogP contribution in [0.25, 0.3) is 33.7 Å². The van der Waals surface area contributed by atoms with Crippen LogP contribution in [0.3, 0.4) is 0 Å². The van der Waals surface area contributed by atoms with E-state index in [1.54, 1.807) is 6.92 Å². The van der Waals surface area contributed by atoms with Crippen molar-refractivity contribution in [3.05, 3.63) is 184 Å². The highest BCUT2D eigenvalue weighted by atomic mass is 16.3. The molecule has 8 aromatic rings. The maximum Gasteiger partial charge on any atom is 0.184 e. The Kier molecular flexibility index (Phi) is 9.08. The third kappa shape index (κ3) is 5.88. The van der Waals surface area contributed by atoms with Gasteiger partial charge in [0.05, 0.1) is 6.04 Å². The van der Waals surface area contributed by atoms with Crippen molar-refractivity contribution in [1.29, 1.82) is 0 Å². The highest BCUT2D eigenvalue weighted by molar-refractivity contribution is 5.82. The predicted octanol–water partition coefficient (Wildman–Crippen LogP) is 8.73. The number of aliphatic hydroxyl groups excluding tert-OH is 1. The van der Waals surface area contributed by atoms with E-state index in [9.17, 15) is 5.11 Å². The van der Waals surface area contributed by atoms with Crippen LogP contribution in [0, 0.1) is 18.8 Å². The van der Waals surface area contributed by atoms with Gasteiger partial charge in [-0.2, -0.15) is 0 Å². The molecule has 274 valence electrons. The number of hydrogen-bond acceptors (Lipinski definition) is 6. The normalized spacial score (nSPS) is 14.3. The molecule has 1 N–H and O–H groups in total. The van der Waals surface area contributed by atoms with E-state index in [2.05, 4.69) is 151 Å². The molecule has 5 aromatic carbocycles. The number of aromatic nitrogens is 7. The third-order valence-corrected chi connectivity index (χ3v) is 11.0. The summed E-state index contributed by atoms with van der Waals surface area (Å²) in [6.45, 7) is 5.86. The summed E-state index contributed by atoms with van der Waals surface area (Å²) in [4.78, 5) is 10.1. The fraction of sp³-hybridized carbons (Fsp3) is 0.188. The van der Waals surface area contributed by atoms with Crippen LogP contribution in [-0.2, 0) is 18.4 Å². The van der Waals surface area contributed by atoms with E-state index in [4.69, 9.17) is 20.3 Å². The number of pyridine rings is 1. The van der Waals surface area contributed by atoms with Gasteiger partial charge in [0.2, 0.25) is 0 Å². The van der Waals surface area contributed by atoms with E-state index in [0.29, 0.717) is 11.5 Å².